The number of hydrogen-bond donors (Lipinski definition) is 0. The van der Waals surface area contributed by atoms with Crippen LogP contribution in [0.1, 0.15) is 103 Å². The Morgan fingerprint density at radius 2 is 1.15 bits per heavy atom. The first kappa shape index (κ1) is 16.8. The maximum Gasteiger partial charge on any atom is -0.0207 e. The summed E-state index contributed by atoms with van der Waals surface area (Å²) >= 11 is 0. The molecule has 1 aliphatic heterocycles. The molecule has 1 aliphatic carbocycles. The minimum Gasteiger partial charge on any atom is -0.100 e. The molecular formula is C19H37P. The quantitative estimate of drug-likeness (QED) is 0.476. The van der Waals surface area contributed by atoms with Crippen molar-refractivity contribution in [2.75, 3.05) is 6.16 Å². The normalized spacial score (nSPS) is 32.2. The van der Waals surface area contributed by atoms with Crippen LogP contribution in [0.5, 0.6) is 0 Å². The molecular weight excluding hydrogens is 259 g/mol. The Kier molecular flexibility index (Phi) is 8.57. The summed E-state index contributed by atoms with van der Waals surface area (Å²) in [6.07, 6.45) is 24.7. The summed E-state index contributed by atoms with van der Waals surface area (Å²) in [7, 11) is 0.345. The Hall–Kier alpha value is 0.430. The first-order valence-corrected chi connectivity index (χ1v) is 11.3. The molecule has 0 radical (unpaired) electrons. The second-order valence-electron chi connectivity index (χ2n) is 7.21. The number of hydrogen-bond acceptors (Lipinski definition) is 0. The van der Waals surface area contributed by atoms with Crippen molar-refractivity contribution in [1.29, 1.82) is 0 Å². The van der Waals surface area contributed by atoms with Gasteiger partial charge in [-0.15, -0.1) is 7.92 Å². The molecule has 0 spiro atoms. The highest BCUT2D eigenvalue weighted by Gasteiger charge is 2.27. The molecule has 20 heavy (non-hydrogen) atoms. The van der Waals surface area contributed by atoms with Crippen molar-refractivity contribution in [2.24, 2.45) is 0 Å². The van der Waals surface area contributed by atoms with Crippen LogP contribution in [0.2, 0.25) is 0 Å². The molecule has 0 amide bonds. The van der Waals surface area contributed by atoms with Crippen molar-refractivity contribution in [3.8, 4) is 0 Å². The summed E-state index contributed by atoms with van der Waals surface area (Å²) in [5.74, 6) is 0. The van der Waals surface area contributed by atoms with E-state index < -0.39 is 0 Å². The highest BCUT2D eigenvalue weighted by Crippen LogP contribution is 2.54. The summed E-state index contributed by atoms with van der Waals surface area (Å²) in [5, 5.41) is 0. The van der Waals surface area contributed by atoms with Gasteiger partial charge in [0.25, 0.3) is 0 Å². The highest BCUT2D eigenvalue weighted by molar-refractivity contribution is 7.59. The lowest BCUT2D eigenvalue weighted by Crippen LogP contribution is -2.17. The molecule has 0 aromatic rings. The lowest BCUT2D eigenvalue weighted by Gasteiger charge is -2.34. The summed E-state index contributed by atoms with van der Waals surface area (Å²) in [5.41, 5.74) is 2.26. The monoisotopic (exact) mass is 296 g/mol. The van der Waals surface area contributed by atoms with Crippen LogP contribution in [-0.2, 0) is 0 Å². The predicted octanol–water partition coefficient (Wildman–Crippen LogP) is 7.10. The molecule has 0 aromatic heterocycles. The van der Waals surface area contributed by atoms with E-state index in [-0.39, 0.29) is 0 Å². The van der Waals surface area contributed by atoms with Gasteiger partial charge in [-0.25, -0.2) is 0 Å². The van der Waals surface area contributed by atoms with E-state index in [1.54, 1.807) is 44.7 Å². The summed E-state index contributed by atoms with van der Waals surface area (Å²) in [6, 6.07) is 0. The molecule has 1 saturated heterocycles. The van der Waals surface area contributed by atoms with Crippen molar-refractivity contribution in [2.45, 2.75) is 115 Å². The van der Waals surface area contributed by atoms with Crippen LogP contribution in [0.3, 0.4) is 0 Å². The summed E-state index contributed by atoms with van der Waals surface area (Å²) < 4.78 is 0. The molecule has 2 unspecified atom stereocenters. The zero-order valence-electron chi connectivity index (χ0n) is 13.9. The molecule has 0 bridgehead atoms. The van der Waals surface area contributed by atoms with Crippen LogP contribution in [0, 0.1) is 0 Å². The van der Waals surface area contributed by atoms with Crippen molar-refractivity contribution < 1.29 is 0 Å². The van der Waals surface area contributed by atoms with E-state index in [9.17, 15) is 0 Å². The molecule has 1 heterocycles. The Balaban J connectivity index is 1.97. The van der Waals surface area contributed by atoms with Crippen LogP contribution in [0.15, 0.2) is 0 Å². The van der Waals surface area contributed by atoms with Gasteiger partial charge in [0.05, 0.1) is 0 Å². The Bertz CT molecular complexity index is 228. The average molecular weight is 296 g/mol. The topological polar surface area (TPSA) is 0 Å². The Labute approximate surface area is 129 Å². The van der Waals surface area contributed by atoms with E-state index in [0.29, 0.717) is 7.92 Å². The van der Waals surface area contributed by atoms with E-state index in [0.717, 1.165) is 11.3 Å². The molecule has 0 aromatic carbocycles. The minimum atomic E-state index is 0.345. The fourth-order valence-electron chi connectivity index (χ4n) is 4.42. The van der Waals surface area contributed by atoms with Gasteiger partial charge in [-0.05, 0) is 49.6 Å². The van der Waals surface area contributed by atoms with Crippen molar-refractivity contribution in [3.05, 3.63) is 0 Å². The maximum absolute atomic E-state index is 2.48. The van der Waals surface area contributed by atoms with E-state index >= 15 is 0 Å². The largest absolute Gasteiger partial charge is 0.100 e. The van der Waals surface area contributed by atoms with E-state index in [1.165, 1.54) is 57.8 Å². The van der Waals surface area contributed by atoms with Crippen molar-refractivity contribution in [3.63, 3.8) is 0 Å². The minimum absolute atomic E-state index is 0.345. The third-order valence-corrected chi connectivity index (χ3v) is 9.54. The van der Waals surface area contributed by atoms with Gasteiger partial charge in [0, 0.05) is 0 Å². The van der Waals surface area contributed by atoms with Crippen LogP contribution >= 0.6 is 7.92 Å². The van der Waals surface area contributed by atoms with Crippen LogP contribution in [0.4, 0.5) is 0 Å². The zero-order valence-corrected chi connectivity index (χ0v) is 14.8. The number of rotatable bonds is 2. The Morgan fingerprint density at radius 1 is 0.650 bits per heavy atom. The second kappa shape index (κ2) is 10.2. The average Bonchev–Trinajstić information content (AvgIpc) is 2.68. The lowest BCUT2D eigenvalue weighted by atomic mass is 10.1. The highest BCUT2D eigenvalue weighted by atomic mass is 31.1. The molecule has 2 aliphatic rings. The summed E-state index contributed by atoms with van der Waals surface area (Å²) in [4.78, 5) is 0. The first-order chi connectivity index (χ1) is 9.92. The third kappa shape index (κ3) is 5.67. The van der Waals surface area contributed by atoms with Gasteiger partial charge in [-0.1, -0.05) is 71.1 Å². The van der Waals surface area contributed by atoms with Gasteiger partial charge >= 0.3 is 0 Å². The molecule has 2 atom stereocenters. The molecule has 2 rings (SSSR count). The predicted molar refractivity (Wildman–Crippen MR) is 94.3 cm³/mol. The van der Waals surface area contributed by atoms with Gasteiger partial charge in [0.15, 0.2) is 0 Å². The van der Waals surface area contributed by atoms with Crippen molar-refractivity contribution in [1.82, 2.24) is 0 Å². The fourth-order valence-corrected chi connectivity index (χ4v) is 8.34. The maximum atomic E-state index is 2.48. The van der Waals surface area contributed by atoms with E-state index in [2.05, 4.69) is 6.92 Å². The Morgan fingerprint density at radius 3 is 1.75 bits per heavy atom. The molecule has 1 saturated carbocycles. The second-order valence-corrected chi connectivity index (χ2v) is 10.1. The first-order valence-electron chi connectivity index (χ1n) is 9.67. The van der Waals surface area contributed by atoms with Gasteiger partial charge in [0.1, 0.15) is 0 Å². The smallest absolute Gasteiger partial charge is 0.0207 e. The zero-order chi connectivity index (χ0) is 14.0. The molecule has 0 N–H and O–H groups in total. The van der Waals surface area contributed by atoms with Crippen LogP contribution < -0.4 is 0 Å². The molecule has 118 valence electrons. The SMILES string of the molecule is CCC1CCCCCCCP1C1CCCCCCCC1. The molecule has 2 fully saturated rings. The van der Waals surface area contributed by atoms with E-state index in [4.69, 9.17) is 0 Å². The lowest BCUT2D eigenvalue weighted by molar-refractivity contribution is 0.594. The standard InChI is InChI=1S/C19H37P/c1-2-18-14-10-8-5-9-13-17-20(18)19-15-11-6-3-4-7-12-16-19/h18-19H,2-17H2,1H3. The third-order valence-electron chi connectivity index (χ3n) is 5.69. The molecule has 0 nitrogen and oxygen atoms in total. The van der Waals surface area contributed by atoms with Gasteiger partial charge in [0.2, 0.25) is 0 Å². The van der Waals surface area contributed by atoms with Gasteiger partial charge < -0.3 is 0 Å². The van der Waals surface area contributed by atoms with Crippen molar-refractivity contribution >= 4 is 7.92 Å². The van der Waals surface area contributed by atoms with Gasteiger partial charge in [-0.3, -0.25) is 0 Å². The fraction of sp³-hybridized carbons (Fsp3) is 1.00. The van der Waals surface area contributed by atoms with Gasteiger partial charge in [-0.2, -0.15) is 0 Å². The van der Waals surface area contributed by atoms with Crippen LogP contribution in [-0.4, -0.2) is 17.5 Å². The molecule has 1 heteroatoms. The van der Waals surface area contributed by atoms with E-state index in [1.807, 2.05) is 0 Å². The summed E-state index contributed by atoms with van der Waals surface area (Å²) in [6.45, 7) is 2.48. The van der Waals surface area contributed by atoms with Crippen LogP contribution in [0.25, 0.3) is 0 Å².